The lowest BCUT2D eigenvalue weighted by atomic mass is 10.0. The van der Waals surface area contributed by atoms with E-state index in [9.17, 15) is 17.6 Å². The van der Waals surface area contributed by atoms with Crippen molar-refractivity contribution >= 4 is 0 Å². The molecule has 1 unspecified atom stereocenters. The van der Waals surface area contributed by atoms with Gasteiger partial charge in [0.05, 0.1) is 5.60 Å². The van der Waals surface area contributed by atoms with Gasteiger partial charge in [-0.3, -0.25) is 0 Å². The Labute approximate surface area is 99.7 Å². The molecule has 0 spiro atoms. The van der Waals surface area contributed by atoms with Gasteiger partial charge in [-0.1, -0.05) is 13.8 Å². The molecule has 0 aromatic heterocycles. The summed E-state index contributed by atoms with van der Waals surface area (Å²) in [4.78, 5) is 0. The predicted octanol–water partition coefficient (Wildman–Crippen LogP) is 3.07. The summed E-state index contributed by atoms with van der Waals surface area (Å²) >= 11 is 0. The Balaban J connectivity index is 4.19. The Morgan fingerprint density at radius 1 is 1.24 bits per heavy atom. The highest BCUT2D eigenvalue weighted by atomic mass is 19.3. The van der Waals surface area contributed by atoms with Crippen molar-refractivity contribution in [3.05, 3.63) is 0 Å². The van der Waals surface area contributed by atoms with Crippen molar-refractivity contribution in [2.24, 2.45) is 0 Å². The van der Waals surface area contributed by atoms with Crippen molar-refractivity contribution in [3.8, 4) is 0 Å². The maximum Gasteiger partial charge on any atom is 0.330 e. The Kier molecular flexibility index (Phi) is 7.01. The Hall–Kier alpha value is -0.360. The Morgan fingerprint density at radius 3 is 2.24 bits per heavy atom. The van der Waals surface area contributed by atoms with Crippen LogP contribution < -0.4 is 5.32 Å². The summed E-state index contributed by atoms with van der Waals surface area (Å²) in [5.74, 6) is -4.08. The van der Waals surface area contributed by atoms with Gasteiger partial charge in [0.2, 0.25) is 0 Å². The van der Waals surface area contributed by atoms with Gasteiger partial charge >= 0.3 is 12.3 Å². The molecule has 0 amide bonds. The lowest BCUT2D eigenvalue weighted by Crippen LogP contribution is -2.44. The minimum atomic E-state index is -4.08. The maximum atomic E-state index is 12.7. The fourth-order valence-electron chi connectivity index (χ4n) is 1.14. The quantitative estimate of drug-likeness (QED) is 0.507. The molecule has 0 saturated carbocycles. The lowest BCUT2D eigenvalue weighted by molar-refractivity contribution is -0.192. The van der Waals surface area contributed by atoms with Crippen LogP contribution in [0.2, 0.25) is 0 Å². The lowest BCUT2D eigenvalue weighted by Gasteiger charge is -2.31. The molecule has 1 atom stereocenters. The number of ether oxygens (including phenoxy) is 1. The summed E-state index contributed by atoms with van der Waals surface area (Å²) in [7, 11) is 0. The van der Waals surface area contributed by atoms with E-state index in [1.54, 1.807) is 13.8 Å². The van der Waals surface area contributed by atoms with Crippen molar-refractivity contribution in [1.29, 1.82) is 0 Å². The summed E-state index contributed by atoms with van der Waals surface area (Å²) in [5.41, 5.74) is -0.840. The molecule has 2 nitrogen and oxygen atoms in total. The number of halogens is 4. The molecule has 1 N–H and O–H groups in total. The molecule has 17 heavy (non-hydrogen) atoms. The minimum Gasteiger partial charge on any atom is -0.367 e. The van der Waals surface area contributed by atoms with Crippen LogP contribution in [-0.2, 0) is 4.74 Å². The first-order chi connectivity index (χ1) is 7.77. The molecule has 104 valence electrons. The van der Waals surface area contributed by atoms with Crippen LogP contribution in [0.15, 0.2) is 0 Å². The third kappa shape index (κ3) is 6.21. The van der Waals surface area contributed by atoms with Gasteiger partial charge in [-0.2, -0.15) is 8.78 Å². The normalized spacial score (nSPS) is 16.2. The van der Waals surface area contributed by atoms with Crippen LogP contribution in [0, 0.1) is 0 Å². The fraction of sp³-hybridized carbons (Fsp3) is 1.00. The van der Waals surface area contributed by atoms with E-state index in [1.165, 1.54) is 0 Å². The van der Waals surface area contributed by atoms with E-state index in [1.807, 2.05) is 6.92 Å². The summed E-state index contributed by atoms with van der Waals surface area (Å²) in [6.07, 6.45) is -2.30. The van der Waals surface area contributed by atoms with Crippen molar-refractivity contribution in [2.45, 2.75) is 51.6 Å². The van der Waals surface area contributed by atoms with Crippen LogP contribution >= 0.6 is 0 Å². The average Bonchev–Trinajstić information content (AvgIpc) is 2.27. The number of hydrogen-bond donors (Lipinski definition) is 1. The third-order valence-corrected chi connectivity index (χ3v) is 2.61. The SMILES string of the molecule is CCCNCC(C)(CC)OCC(F)(F)C(F)F. The highest BCUT2D eigenvalue weighted by Crippen LogP contribution is 2.26. The van der Waals surface area contributed by atoms with Gasteiger partial charge in [0, 0.05) is 6.54 Å². The standard InChI is InChI=1S/C11H21F4NO/c1-4-6-16-7-10(3,5-2)17-8-11(14,15)9(12)13/h9,16H,4-8H2,1-3H3. The predicted molar refractivity (Wildman–Crippen MR) is 58.8 cm³/mol. The molecule has 0 rings (SSSR count). The monoisotopic (exact) mass is 259 g/mol. The molecule has 0 aliphatic rings. The molecule has 0 heterocycles. The number of alkyl halides is 4. The van der Waals surface area contributed by atoms with Gasteiger partial charge < -0.3 is 10.1 Å². The first kappa shape index (κ1) is 16.6. The molecule has 0 radical (unpaired) electrons. The fourth-order valence-corrected chi connectivity index (χ4v) is 1.14. The summed E-state index contributed by atoms with van der Waals surface area (Å²) in [6.45, 7) is 5.25. The second kappa shape index (κ2) is 7.16. The summed E-state index contributed by atoms with van der Waals surface area (Å²) < 4.78 is 54.3. The molecule has 0 aromatic rings. The van der Waals surface area contributed by atoms with E-state index in [0.29, 0.717) is 13.0 Å². The molecule has 0 aliphatic heterocycles. The zero-order valence-corrected chi connectivity index (χ0v) is 10.5. The van der Waals surface area contributed by atoms with Gasteiger partial charge in [-0.05, 0) is 26.3 Å². The molecule has 0 aliphatic carbocycles. The Bertz CT molecular complexity index is 214. The van der Waals surface area contributed by atoms with E-state index in [4.69, 9.17) is 4.74 Å². The van der Waals surface area contributed by atoms with E-state index in [0.717, 1.165) is 13.0 Å². The van der Waals surface area contributed by atoms with E-state index >= 15 is 0 Å². The zero-order valence-electron chi connectivity index (χ0n) is 10.5. The summed E-state index contributed by atoms with van der Waals surface area (Å²) in [6, 6.07) is 0. The average molecular weight is 259 g/mol. The van der Waals surface area contributed by atoms with Crippen LogP contribution in [0.1, 0.15) is 33.6 Å². The molecular formula is C11H21F4NO. The topological polar surface area (TPSA) is 21.3 Å². The van der Waals surface area contributed by atoms with Crippen LogP contribution in [0.5, 0.6) is 0 Å². The second-order valence-electron chi connectivity index (χ2n) is 4.33. The van der Waals surface area contributed by atoms with Gasteiger partial charge in [-0.25, -0.2) is 8.78 Å². The van der Waals surface area contributed by atoms with Gasteiger partial charge in [-0.15, -0.1) is 0 Å². The molecule has 6 heteroatoms. The largest absolute Gasteiger partial charge is 0.367 e. The molecule has 0 bridgehead atoms. The second-order valence-corrected chi connectivity index (χ2v) is 4.33. The van der Waals surface area contributed by atoms with E-state index in [-0.39, 0.29) is 0 Å². The van der Waals surface area contributed by atoms with Crippen LogP contribution in [0.25, 0.3) is 0 Å². The van der Waals surface area contributed by atoms with E-state index < -0.39 is 24.6 Å². The van der Waals surface area contributed by atoms with Gasteiger partial charge in [0.1, 0.15) is 6.61 Å². The maximum absolute atomic E-state index is 12.7. The third-order valence-electron chi connectivity index (χ3n) is 2.61. The number of hydrogen-bond acceptors (Lipinski definition) is 2. The van der Waals surface area contributed by atoms with Gasteiger partial charge in [0.25, 0.3) is 0 Å². The van der Waals surface area contributed by atoms with Crippen molar-refractivity contribution in [3.63, 3.8) is 0 Å². The van der Waals surface area contributed by atoms with Crippen molar-refractivity contribution in [1.82, 2.24) is 5.32 Å². The van der Waals surface area contributed by atoms with Crippen molar-refractivity contribution < 1.29 is 22.3 Å². The highest BCUT2D eigenvalue weighted by Gasteiger charge is 2.42. The zero-order chi connectivity index (χ0) is 13.5. The first-order valence-electron chi connectivity index (χ1n) is 5.78. The molecular weight excluding hydrogens is 238 g/mol. The molecule has 0 aromatic carbocycles. The van der Waals surface area contributed by atoms with E-state index in [2.05, 4.69) is 5.32 Å². The van der Waals surface area contributed by atoms with Crippen LogP contribution in [0.3, 0.4) is 0 Å². The number of rotatable bonds is 9. The van der Waals surface area contributed by atoms with Gasteiger partial charge in [0.15, 0.2) is 0 Å². The number of nitrogens with one attached hydrogen (secondary N) is 1. The first-order valence-corrected chi connectivity index (χ1v) is 5.78. The van der Waals surface area contributed by atoms with Crippen molar-refractivity contribution in [2.75, 3.05) is 19.7 Å². The van der Waals surface area contributed by atoms with Crippen LogP contribution in [-0.4, -0.2) is 37.6 Å². The Morgan fingerprint density at radius 2 is 1.82 bits per heavy atom. The van der Waals surface area contributed by atoms with Crippen LogP contribution in [0.4, 0.5) is 17.6 Å². The smallest absolute Gasteiger partial charge is 0.330 e. The molecule has 0 fully saturated rings. The highest BCUT2D eigenvalue weighted by molar-refractivity contribution is 4.79. The summed E-state index contributed by atoms with van der Waals surface area (Å²) in [5, 5.41) is 3.03. The molecule has 0 saturated heterocycles. The minimum absolute atomic E-state index is 0.372.